The van der Waals surface area contributed by atoms with Crippen molar-refractivity contribution in [3.05, 3.63) is 28.4 Å². The first kappa shape index (κ1) is 12.3. The maximum absolute atomic E-state index is 6.16. The molecule has 3 rings (SSSR count). The molecule has 0 fully saturated rings. The van der Waals surface area contributed by atoms with Crippen LogP contribution in [0.1, 0.15) is 0 Å². The molecule has 0 radical (unpaired) electrons. The van der Waals surface area contributed by atoms with Crippen molar-refractivity contribution in [2.24, 2.45) is 0 Å². The summed E-state index contributed by atoms with van der Waals surface area (Å²) in [5, 5.41) is 3.85. The van der Waals surface area contributed by atoms with Crippen LogP contribution in [0, 0.1) is 0 Å². The zero-order valence-electron chi connectivity index (χ0n) is 9.26. The van der Waals surface area contributed by atoms with Crippen molar-refractivity contribution < 1.29 is 0 Å². The molecule has 0 saturated carbocycles. The number of hydrogen-bond acceptors (Lipinski definition) is 7. The van der Waals surface area contributed by atoms with E-state index in [0.717, 1.165) is 17.2 Å². The highest BCUT2D eigenvalue weighted by molar-refractivity contribution is 7.00. The lowest BCUT2D eigenvalue weighted by atomic mass is 10.2. The molecule has 0 unspecified atom stereocenters. The van der Waals surface area contributed by atoms with Gasteiger partial charge in [0.05, 0.1) is 28.6 Å². The second kappa shape index (κ2) is 4.76. The number of benzene rings is 1. The summed E-state index contributed by atoms with van der Waals surface area (Å²) in [6.45, 7) is 0. The van der Waals surface area contributed by atoms with Gasteiger partial charge in [0.15, 0.2) is 5.82 Å². The lowest BCUT2D eigenvalue weighted by molar-refractivity contribution is 1.18. The Bertz CT molecular complexity index is 759. The van der Waals surface area contributed by atoms with Gasteiger partial charge in [0, 0.05) is 0 Å². The zero-order valence-corrected chi connectivity index (χ0v) is 11.6. The molecule has 0 atom stereocenters. The predicted octanol–water partition coefficient (Wildman–Crippen LogP) is 3.11. The molecule has 1 aromatic carbocycles. The van der Waals surface area contributed by atoms with Crippen molar-refractivity contribution >= 4 is 63.4 Å². The Balaban J connectivity index is 2.12. The summed E-state index contributed by atoms with van der Waals surface area (Å²) in [4.78, 5) is 7.81. The van der Waals surface area contributed by atoms with Gasteiger partial charge < -0.3 is 11.1 Å². The van der Waals surface area contributed by atoms with E-state index >= 15 is 0 Å². The molecule has 2 heterocycles. The normalized spacial score (nSPS) is 10.8. The van der Waals surface area contributed by atoms with E-state index < -0.39 is 0 Å². The summed E-state index contributed by atoms with van der Waals surface area (Å²) in [7, 11) is 0. The molecule has 0 aliphatic rings. The van der Waals surface area contributed by atoms with Crippen LogP contribution in [0.15, 0.2) is 18.3 Å². The van der Waals surface area contributed by atoms with E-state index in [4.69, 9.17) is 28.9 Å². The topological polar surface area (TPSA) is 89.6 Å². The van der Waals surface area contributed by atoms with Crippen molar-refractivity contribution in [3.63, 3.8) is 0 Å². The minimum absolute atomic E-state index is 0.117. The first-order chi connectivity index (χ1) is 9.15. The highest BCUT2D eigenvalue weighted by Gasteiger charge is 2.12. The molecule has 3 N–H and O–H groups in total. The van der Waals surface area contributed by atoms with Gasteiger partial charge in [-0.3, -0.25) is 0 Å². The second-order valence-electron chi connectivity index (χ2n) is 3.60. The van der Waals surface area contributed by atoms with Gasteiger partial charge >= 0.3 is 0 Å². The first-order valence-corrected chi connectivity index (χ1v) is 6.59. The quantitative estimate of drug-likeness (QED) is 0.755. The standard InChI is InChI=1S/C10H6Cl2N6S/c11-4-1-2-6-8(18-19-17-6)7(4)15-9-5(12)3-14-10(13)16-9/h1-3H,(H3,13,14,15,16). The van der Waals surface area contributed by atoms with Gasteiger partial charge in [-0.25, -0.2) is 4.98 Å². The summed E-state index contributed by atoms with van der Waals surface area (Å²) < 4.78 is 8.34. The largest absolute Gasteiger partial charge is 0.368 e. The number of nitrogen functional groups attached to an aromatic ring is 1. The predicted molar refractivity (Wildman–Crippen MR) is 77.2 cm³/mol. The second-order valence-corrected chi connectivity index (χ2v) is 4.95. The Morgan fingerprint density at radius 1 is 1.16 bits per heavy atom. The van der Waals surface area contributed by atoms with Crippen molar-refractivity contribution in [2.75, 3.05) is 11.1 Å². The number of anilines is 3. The smallest absolute Gasteiger partial charge is 0.222 e. The summed E-state index contributed by atoms with van der Waals surface area (Å²) in [6.07, 6.45) is 1.42. The van der Waals surface area contributed by atoms with E-state index in [1.807, 2.05) is 0 Å². The summed E-state index contributed by atoms with van der Waals surface area (Å²) >= 11 is 13.3. The van der Waals surface area contributed by atoms with Crippen molar-refractivity contribution in [2.45, 2.75) is 0 Å². The van der Waals surface area contributed by atoms with Gasteiger partial charge in [0.25, 0.3) is 0 Å². The molecule has 0 aliphatic heterocycles. The fourth-order valence-corrected chi connectivity index (χ4v) is 2.41. The van der Waals surface area contributed by atoms with Crippen LogP contribution in [0.5, 0.6) is 0 Å². The summed E-state index contributed by atoms with van der Waals surface area (Å²) in [5.74, 6) is 0.489. The first-order valence-electron chi connectivity index (χ1n) is 5.11. The number of nitrogens with one attached hydrogen (secondary N) is 1. The number of aromatic nitrogens is 4. The van der Waals surface area contributed by atoms with Crippen LogP contribution >= 0.6 is 34.9 Å². The maximum Gasteiger partial charge on any atom is 0.222 e. The Kier molecular flexibility index (Phi) is 3.09. The molecule has 19 heavy (non-hydrogen) atoms. The molecule has 0 amide bonds. The lowest BCUT2D eigenvalue weighted by Crippen LogP contribution is -2.01. The molecule has 6 nitrogen and oxygen atoms in total. The highest BCUT2D eigenvalue weighted by Crippen LogP contribution is 2.33. The fourth-order valence-electron chi connectivity index (χ4n) is 1.53. The Morgan fingerprint density at radius 2 is 2.00 bits per heavy atom. The number of hydrogen-bond donors (Lipinski definition) is 2. The van der Waals surface area contributed by atoms with E-state index in [-0.39, 0.29) is 5.95 Å². The number of fused-ring (bicyclic) bond motifs is 1. The third-order valence-electron chi connectivity index (χ3n) is 2.38. The number of rotatable bonds is 2. The van der Waals surface area contributed by atoms with Gasteiger partial charge in [-0.15, -0.1) is 0 Å². The van der Waals surface area contributed by atoms with Crippen molar-refractivity contribution in [1.29, 1.82) is 0 Å². The third kappa shape index (κ3) is 2.27. The molecular formula is C10H6Cl2N6S. The van der Waals surface area contributed by atoms with Gasteiger partial charge in [-0.05, 0) is 12.1 Å². The van der Waals surface area contributed by atoms with Crippen LogP contribution < -0.4 is 11.1 Å². The van der Waals surface area contributed by atoms with Gasteiger partial charge in [-0.1, -0.05) is 23.2 Å². The van der Waals surface area contributed by atoms with Gasteiger partial charge in [-0.2, -0.15) is 13.7 Å². The average Bonchev–Trinajstić information content (AvgIpc) is 2.85. The molecule has 0 aliphatic carbocycles. The summed E-state index contributed by atoms with van der Waals surface area (Å²) in [5.41, 5.74) is 7.53. The van der Waals surface area contributed by atoms with Crippen LogP contribution in [0.3, 0.4) is 0 Å². The lowest BCUT2D eigenvalue weighted by Gasteiger charge is -2.09. The number of nitrogens with two attached hydrogens (primary N) is 1. The zero-order chi connectivity index (χ0) is 13.4. The van der Waals surface area contributed by atoms with Crippen LogP contribution in [-0.2, 0) is 0 Å². The molecule has 2 aromatic heterocycles. The van der Waals surface area contributed by atoms with Crippen LogP contribution in [0.4, 0.5) is 17.5 Å². The van der Waals surface area contributed by atoms with Gasteiger partial charge in [0.2, 0.25) is 5.95 Å². The fraction of sp³-hybridized carbons (Fsp3) is 0. The molecule has 0 bridgehead atoms. The Morgan fingerprint density at radius 3 is 2.84 bits per heavy atom. The minimum atomic E-state index is 0.117. The minimum Gasteiger partial charge on any atom is -0.368 e. The average molecular weight is 313 g/mol. The molecule has 0 saturated heterocycles. The monoisotopic (exact) mass is 312 g/mol. The molecule has 0 spiro atoms. The molecule has 3 aromatic rings. The van der Waals surface area contributed by atoms with E-state index in [1.54, 1.807) is 12.1 Å². The molecule has 9 heteroatoms. The van der Waals surface area contributed by atoms with Crippen molar-refractivity contribution in [1.82, 2.24) is 18.7 Å². The van der Waals surface area contributed by atoms with E-state index in [1.165, 1.54) is 6.20 Å². The summed E-state index contributed by atoms with van der Waals surface area (Å²) in [6, 6.07) is 3.52. The molecular weight excluding hydrogens is 307 g/mol. The number of nitrogens with zero attached hydrogens (tertiary/aromatic N) is 4. The Labute approximate surface area is 121 Å². The molecule has 96 valence electrons. The Hall–Kier alpha value is -1.70. The third-order valence-corrected chi connectivity index (χ3v) is 3.52. The van der Waals surface area contributed by atoms with Crippen LogP contribution in [-0.4, -0.2) is 18.7 Å². The van der Waals surface area contributed by atoms with E-state index in [0.29, 0.717) is 27.1 Å². The SMILES string of the molecule is Nc1ncc(Cl)c(Nc2c(Cl)ccc3nsnc23)n1. The van der Waals surface area contributed by atoms with Crippen LogP contribution in [0.2, 0.25) is 10.0 Å². The van der Waals surface area contributed by atoms with E-state index in [2.05, 4.69) is 24.0 Å². The van der Waals surface area contributed by atoms with Crippen molar-refractivity contribution in [3.8, 4) is 0 Å². The maximum atomic E-state index is 6.16. The highest BCUT2D eigenvalue weighted by atomic mass is 35.5. The van der Waals surface area contributed by atoms with Gasteiger partial charge in [0.1, 0.15) is 16.1 Å². The van der Waals surface area contributed by atoms with E-state index in [9.17, 15) is 0 Å². The van der Waals surface area contributed by atoms with Crippen LogP contribution in [0.25, 0.3) is 11.0 Å². The number of halogens is 2.